The number of rotatable bonds is 4. The van der Waals surface area contributed by atoms with Gasteiger partial charge in [-0.05, 0) is 54.1 Å². The minimum Gasteiger partial charge on any atom is -0.507 e. The van der Waals surface area contributed by atoms with Crippen LogP contribution >= 0.6 is 23.2 Å². The van der Waals surface area contributed by atoms with Gasteiger partial charge in [0.05, 0.1) is 29.3 Å². The Kier molecular flexibility index (Phi) is 6.10. The zero-order chi connectivity index (χ0) is 23.9. The van der Waals surface area contributed by atoms with Gasteiger partial charge in [-0.15, -0.1) is 0 Å². The third kappa shape index (κ3) is 4.05. The number of nitrogens with zero attached hydrogens (tertiary/aromatic N) is 1. The first kappa shape index (κ1) is 22.8. The van der Waals surface area contributed by atoms with Crippen LogP contribution in [-0.4, -0.2) is 23.9 Å². The Balaban J connectivity index is 2.00. The van der Waals surface area contributed by atoms with Crippen molar-refractivity contribution in [1.82, 2.24) is 0 Å². The highest BCUT2D eigenvalue weighted by molar-refractivity contribution is 6.51. The molecule has 0 bridgehead atoms. The first-order chi connectivity index (χ1) is 15.7. The predicted octanol–water partition coefficient (Wildman–Crippen LogP) is 5.91. The van der Waals surface area contributed by atoms with E-state index >= 15 is 0 Å². The van der Waals surface area contributed by atoms with Crippen LogP contribution in [0.15, 0.2) is 66.2 Å². The smallest absolute Gasteiger partial charge is 0.300 e. The van der Waals surface area contributed by atoms with Gasteiger partial charge in [0.15, 0.2) is 0 Å². The number of ketones is 1. The summed E-state index contributed by atoms with van der Waals surface area (Å²) >= 11 is 12.3. The second-order valence-corrected chi connectivity index (χ2v) is 8.01. The molecule has 1 atom stereocenters. The molecular formula is C24H15Cl2F2NO4. The Morgan fingerprint density at radius 3 is 2.12 bits per heavy atom. The van der Waals surface area contributed by atoms with Crippen molar-refractivity contribution in [2.75, 3.05) is 12.0 Å². The van der Waals surface area contributed by atoms with E-state index in [1.807, 2.05) is 0 Å². The molecule has 3 aromatic rings. The summed E-state index contributed by atoms with van der Waals surface area (Å²) in [6, 6.07) is 11.6. The molecule has 9 heteroatoms. The first-order valence-corrected chi connectivity index (χ1v) is 10.3. The van der Waals surface area contributed by atoms with E-state index in [2.05, 4.69) is 0 Å². The lowest BCUT2D eigenvalue weighted by atomic mass is 9.94. The maximum Gasteiger partial charge on any atom is 0.300 e. The number of carbonyl (C=O) groups is 2. The Bertz CT molecular complexity index is 1290. The monoisotopic (exact) mass is 489 g/mol. The molecule has 0 aromatic heterocycles. The SMILES string of the molecule is COc1c(Cl)cc(Cl)cc1/C(O)=C1\C(=O)C(=O)N(c2ccc(F)cc2)C1c1ccc(F)cc1. The average molecular weight is 490 g/mol. The van der Waals surface area contributed by atoms with Gasteiger partial charge < -0.3 is 9.84 Å². The quantitative estimate of drug-likeness (QED) is 0.281. The van der Waals surface area contributed by atoms with Crippen molar-refractivity contribution in [2.24, 2.45) is 0 Å². The van der Waals surface area contributed by atoms with Crippen molar-refractivity contribution >= 4 is 46.3 Å². The summed E-state index contributed by atoms with van der Waals surface area (Å²) < 4.78 is 32.4. The summed E-state index contributed by atoms with van der Waals surface area (Å²) in [7, 11) is 1.32. The van der Waals surface area contributed by atoms with E-state index in [0.29, 0.717) is 5.56 Å². The molecule has 1 aliphatic heterocycles. The van der Waals surface area contributed by atoms with Crippen molar-refractivity contribution < 1.29 is 28.2 Å². The number of hydrogen-bond donors (Lipinski definition) is 1. The molecule has 0 saturated carbocycles. The molecule has 1 amide bonds. The van der Waals surface area contributed by atoms with Crippen LogP contribution in [0.25, 0.3) is 5.76 Å². The number of Topliss-reactive ketones (excluding diaryl/α,β-unsaturated/α-hetero) is 1. The van der Waals surface area contributed by atoms with Crippen LogP contribution in [0.1, 0.15) is 17.2 Å². The molecule has 0 radical (unpaired) electrons. The summed E-state index contributed by atoms with van der Waals surface area (Å²) in [4.78, 5) is 27.3. The molecule has 4 rings (SSSR count). The summed E-state index contributed by atoms with van der Waals surface area (Å²) in [6.07, 6.45) is 0. The molecule has 1 N–H and O–H groups in total. The standard InChI is InChI=1S/C24H15Cl2F2NO4/c1-33-23-17(10-13(25)11-18(23)26)21(30)19-20(12-2-4-14(27)5-3-12)29(24(32)22(19)31)16-8-6-15(28)7-9-16/h2-11,20,30H,1H3/b21-19+. The normalized spacial score (nSPS) is 17.5. The van der Waals surface area contributed by atoms with Gasteiger partial charge in [0, 0.05) is 10.7 Å². The van der Waals surface area contributed by atoms with Gasteiger partial charge in [0.2, 0.25) is 0 Å². The van der Waals surface area contributed by atoms with E-state index < -0.39 is 35.1 Å². The summed E-state index contributed by atoms with van der Waals surface area (Å²) in [5, 5.41) is 11.5. The number of halogens is 4. The van der Waals surface area contributed by atoms with Gasteiger partial charge in [-0.25, -0.2) is 8.78 Å². The number of amides is 1. The van der Waals surface area contributed by atoms with E-state index in [4.69, 9.17) is 27.9 Å². The molecule has 3 aromatic carbocycles. The Morgan fingerprint density at radius 2 is 1.55 bits per heavy atom. The zero-order valence-corrected chi connectivity index (χ0v) is 18.5. The average Bonchev–Trinajstić information content (AvgIpc) is 3.04. The fourth-order valence-electron chi connectivity index (χ4n) is 3.75. The number of benzene rings is 3. The largest absolute Gasteiger partial charge is 0.507 e. The van der Waals surface area contributed by atoms with Crippen LogP contribution in [-0.2, 0) is 9.59 Å². The Hall–Kier alpha value is -3.42. The molecule has 5 nitrogen and oxygen atoms in total. The minimum atomic E-state index is -1.14. The predicted molar refractivity (Wildman–Crippen MR) is 121 cm³/mol. The summed E-state index contributed by atoms with van der Waals surface area (Å²) in [6.45, 7) is 0. The third-order valence-electron chi connectivity index (χ3n) is 5.20. The van der Waals surface area contributed by atoms with Gasteiger partial charge in [0.1, 0.15) is 23.1 Å². The van der Waals surface area contributed by atoms with E-state index in [9.17, 15) is 23.5 Å². The molecule has 1 aliphatic rings. The van der Waals surface area contributed by atoms with Crippen molar-refractivity contribution in [3.63, 3.8) is 0 Å². The Labute approximate surface area is 197 Å². The number of aliphatic hydroxyl groups excluding tert-OH is 1. The van der Waals surface area contributed by atoms with Crippen molar-refractivity contribution in [3.8, 4) is 5.75 Å². The summed E-state index contributed by atoms with van der Waals surface area (Å²) in [5.41, 5.74) is 0.267. The molecule has 1 heterocycles. The highest BCUT2D eigenvalue weighted by Crippen LogP contribution is 2.44. The van der Waals surface area contributed by atoms with Crippen LogP contribution in [0.2, 0.25) is 10.0 Å². The zero-order valence-electron chi connectivity index (χ0n) is 17.0. The first-order valence-electron chi connectivity index (χ1n) is 9.58. The molecule has 1 unspecified atom stereocenters. The maximum absolute atomic E-state index is 13.6. The van der Waals surface area contributed by atoms with Gasteiger partial charge in [0.25, 0.3) is 11.7 Å². The molecular weight excluding hydrogens is 475 g/mol. The maximum atomic E-state index is 13.6. The van der Waals surface area contributed by atoms with Crippen LogP contribution in [0, 0.1) is 11.6 Å². The van der Waals surface area contributed by atoms with Gasteiger partial charge in [-0.2, -0.15) is 0 Å². The highest BCUT2D eigenvalue weighted by atomic mass is 35.5. The fourth-order valence-corrected chi connectivity index (χ4v) is 4.32. The molecule has 1 saturated heterocycles. The van der Waals surface area contributed by atoms with Crippen LogP contribution < -0.4 is 9.64 Å². The molecule has 33 heavy (non-hydrogen) atoms. The van der Waals surface area contributed by atoms with Gasteiger partial charge in [-0.1, -0.05) is 35.3 Å². The van der Waals surface area contributed by atoms with Crippen molar-refractivity contribution in [3.05, 3.63) is 99.0 Å². The van der Waals surface area contributed by atoms with Crippen molar-refractivity contribution in [1.29, 1.82) is 0 Å². The van der Waals surface area contributed by atoms with E-state index in [-0.39, 0.29) is 32.6 Å². The van der Waals surface area contributed by atoms with E-state index in [0.717, 1.165) is 29.2 Å². The lowest BCUT2D eigenvalue weighted by Gasteiger charge is -2.25. The van der Waals surface area contributed by atoms with Crippen molar-refractivity contribution in [2.45, 2.75) is 6.04 Å². The molecule has 0 aliphatic carbocycles. The highest BCUT2D eigenvalue weighted by Gasteiger charge is 2.47. The van der Waals surface area contributed by atoms with Crippen LogP contribution in [0.5, 0.6) is 5.75 Å². The second-order valence-electron chi connectivity index (χ2n) is 7.17. The molecule has 0 spiro atoms. The third-order valence-corrected chi connectivity index (χ3v) is 5.70. The lowest BCUT2D eigenvalue weighted by Crippen LogP contribution is -2.29. The lowest BCUT2D eigenvalue weighted by molar-refractivity contribution is -0.132. The van der Waals surface area contributed by atoms with E-state index in [1.165, 1.54) is 43.5 Å². The topological polar surface area (TPSA) is 66.8 Å². The second kappa shape index (κ2) is 8.84. The molecule has 168 valence electrons. The number of aliphatic hydroxyl groups is 1. The summed E-state index contributed by atoms with van der Waals surface area (Å²) in [5.74, 6) is -3.54. The van der Waals surface area contributed by atoms with Crippen LogP contribution in [0.3, 0.4) is 0 Å². The molecule has 1 fully saturated rings. The van der Waals surface area contributed by atoms with E-state index in [1.54, 1.807) is 0 Å². The number of hydrogen-bond acceptors (Lipinski definition) is 4. The number of anilines is 1. The van der Waals surface area contributed by atoms with Gasteiger partial charge in [-0.3, -0.25) is 14.5 Å². The number of ether oxygens (including phenoxy) is 1. The van der Waals surface area contributed by atoms with Crippen LogP contribution in [0.4, 0.5) is 14.5 Å². The fraction of sp³-hybridized carbons (Fsp3) is 0.0833. The number of methoxy groups -OCH3 is 1. The van der Waals surface area contributed by atoms with Gasteiger partial charge >= 0.3 is 0 Å². The minimum absolute atomic E-state index is 0.000724. The Morgan fingerprint density at radius 1 is 0.970 bits per heavy atom. The number of carbonyl (C=O) groups excluding carboxylic acids is 2.